The maximum absolute atomic E-state index is 13.0. The minimum Gasteiger partial charge on any atom is -0.308 e. The monoisotopic (exact) mass is 282 g/mol. The Kier molecular flexibility index (Phi) is 3.33. The molecule has 0 radical (unpaired) electrons. The first-order valence-corrected chi connectivity index (χ1v) is 7.05. The van der Waals surface area contributed by atoms with Crippen molar-refractivity contribution in [2.24, 2.45) is 0 Å². The van der Waals surface area contributed by atoms with Gasteiger partial charge in [0, 0.05) is 24.3 Å². The first-order valence-electron chi connectivity index (χ1n) is 5.86. The van der Waals surface area contributed by atoms with Gasteiger partial charge in [0.15, 0.2) is 0 Å². The molecule has 1 aromatic heterocycles. The number of rotatable bonds is 4. The number of halogens is 2. The molecule has 0 amide bonds. The summed E-state index contributed by atoms with van der Waals surface area (Å²) in [5, 5.41) is 4.89. The van der Waals surface area contributed by atoms with Crippen LogP contribution < -0.4 is 5.32 Å². The van der Waals surface area contributed by atoms with Crippen LogP contribution in [0.4, 0.5) is 4.39 Å². The van der Waals surface area contributed by atoms with Gasteiger partial charge in [-0.1, -0.05) is 11.6 Å². The summed E-state index contributed by atoms with van der Waals surface area (Å²) in [7, 11) is 0. The summed E-state index contributed by atoms with van der Waals surface area (Å²) in [6.07, 6.45) is 4.33. The van der Waals surface area contributed by atoms with Crippen molar-refractivity contribution < 1.29 is 4.39 Å². The molecule has 1 aromatic carbocycles. The fraction of sp³-hybridized carbons (Fsp3) is 0.308. The predicted molar refractivity (Wildman–Crippen MR) is 72.4 cm³/mol. The molecular weight excluding hydrogens is 271 g/mol. The highest BCUT2D eigenvalue weighted by molar-refractivity contribution is 7.15. The van der Waals surface area contributed by atoms with Crippen molar-refractivity contribution >= 4 is 22.9 Å². The Hall–Kier alpha value is -0.970. The number of benzene rings is 1. The van der Waals surface area contributed by atoms with E-state index in [1.165, 1.54) is 25.0 Å². The van der Waals surface area contributed by atoms with Crippen LogP contribution in [-0.2, 0) is 6.54 Å². The third kappa shape index (κ3) is 2.71. The van der Waals surface area contributed by atoms with Gasteiger partial charge in [-0.25, -0.2) is 9.37 Å². The van der Waals surface area contributed by atoms with E-state index in [-0.39, 0.29) is 5.82 Å². The molecule has 1 heterocycles. The predicted octanol–water partition coefficient (Wildman–Crippen LogP) is 3.85. The van der Waals surface area contributed by atoms with Crippen LogP contribution in [0, 0.1) is 5.82 Å². The lowest BCUT2D eigenvalue weighted by molar-refractivity contribution is 0.628. The van der Waals surface area contributed by atoms with Gasteiger partial charge in [-0.2, -0.15) is 0 Å². The van der Waals surface area contributed by atoms with Crippen LogP contribution in [0.5, 0.6) is 0 Å². The first-order chi connectivity index (χ1) is 8.72. The highest BCUT2D eigenvalue weighted by atomic mass is 35.5. The molecule has 0 spiro atoms. The van der Waals surface area contributed by atoms with Crippen LogP contribution in [0.25, 0.3) is 10.4 Å². The van der Waals surface area contributed by atoms with Gasteiger partial charge in [-0.05, 0) is 31.0 Å². The van der Waals surface area contributed by atoms with Crippen molar-refractivity contribution in [3.63, 3.8) is 0 Å². The van der Waals surface area contributed by atoms with Gasteiger partial charge in [0.05, 0.1) is 9.90 Å². The number of nitrogens with one attached hydrogen (secondary N) is 1. The van der Waals surface area contributed by atoms with Crippen molar-refractivity contribution in [3.8, 4) is 10.4 Å². The van der Waals surface area contributed by atoms with Crippen molar-refractivity contribution in [3.05, 3.63) is 40.2 Å². The second-order valence-corrected chi connectivity index (χ2v) is 5.92. The highest BCUT2D eigenvalue weighted by Gasteiger charge is 2.20. The average molecular weight is 283 g/mol. The third-order valence-electron chi connectivity index (χ3n) is 2.87. The van der Waals surface area contributed by atoms with E-state index in [1.54, 1.807) is 23.6 Å². The zero-order valence-corrected chi connectivity index (χ0v) is 11.2. The van der Waals surface area contributed by atoms with Gasteiger partial charge in [-0.3, -0.25) is 0 Å². The molecule has 2 aromatic rings. The normalized spacial score (nSPS) is 15.0. The maximum atomic E-state index is 13.0. The second-order valence-electron chi connectivity index (χ2n) is 4.40. The number of hydrogen-bond donors (Lipinski definition) is 1. The van der Waals surface area contributed by atoms with Crippen LogP contribution >= 0.6 is 22.9 Å². The van der Waals surface area contributed by atoms with Crippen LogP contribution in [-0.4, -0.2) is 11.0 Å². The van der Waals surface area contributed by atoms with E-state index >= 15 is 0 Å². The standard InChI is InChI=1S/C13H12ClFN2S/c14-11-5-8(15)1-4-10(11)12-6-17-13(18-12)7-16-9-2-3-9/h1,4-6,9,16H,2-3,7H2. The summed E-state index contributed by atoms with van der Waals surface area (Å²) in [6.45, 7) is 0.800. The second kappa shape index (κ2) is 4.96. The van der Waals surface area contributed by atoms with Crippen molar-refractivity contribution in [2.45, 2.75) is 25.4 Å². The van der Waals surface area contributed by atoms with Gasteiger partial charge >= 0.3 is 0 Å². The molecular formula is C13H12ClFN2S. The molecule has 3 rings (SSSR count). The van der Waals surface area contributed by atoms with E-state index in [2.05, 4.69) is 10.3 Å². The van der Waals surface area contributed by atoms with Crippen LogP contribution in [0.15, 0.2) is 24.4 Å². The lowest BCUT2D eigenvalue weighted by atomic mass is 10.2. The third-order valence-corrected chi connectivity index (χ3v) is 4.21. The van der Waals surface area contributed by atoms with Crippen LogP contribution in [0.3, 0.4) is 0 Å². The lowest BCUT2D eigenvalue weighted by Gasteiger charge is -2.00. The summed E-state index contributed by atoms with van der Waals surface area (Å²) in [5.41, 5.74) is 0.841. The zero-order chi connectivity index (χ0) is 12.5. The molecule has 0 bridgehead atoms. The number of aromatic nitrogens is 1. The topological polar surface area (TPSA) is 24.9 Å². The Morgan fingerprint density at radius 2 is 2.28 bits per heavy atom. The van der Waals surface area contributed by atoms with E-state index < -0.39 is 0 Å². The molecule has 0 saturated heterocycles. The average Bonchev–Trinajstić information content (AvgIpc) is 3.05. The summed E-state index contributed by atoms with van der Waals surface area (Å²) in [4.78, 5) is 5.34. The minimum absolute atomic E-state index is 0.316. The fourth-order valence-electron chi connectivity index (χ4n) is 1.72. The summed E-state index contributed by atoms with van der Waals surface area (Å²) >= 11 is 7.63. The van der Waals surface area contributed by atoms with E-state index in [0.717, 1.165) is 22.0 Å². The summed E-state index contributed by atoms with van der Waals surface area (Å²) in [6, 6.07) is 5.12. The van der Waals surface area contributed by atoms with E-state index in [4.69, 9.17) is 11.6 Å². The van der Waals surface area contributed by atoms with Gasteiger partial charge in [0.25, 0.3) is 0 Å². The van der Waals surface area contributed by atoms with Gasteiger partial charge in [0.2, 0.25) is 0 Å². The van der Waals surface area contributed by atoms with Crippen molar-refractivity contribution in [1.29, 1.82) is 0 Å². The van der Waals surface area contributed by atoms with Crippen LogP contribution in [0.1, 0.15) is 17.8 Å². The Balaban J connectivity index is 1.78. The largest absolute Gasteiger partial charge is 0.308 e. The first kappa shape index (κ1) is 12.1. The molecule has 5 heteroatoms. The fourth-order valence-corrected chi connectivity index (χ4v) is 2.96. The molecule has 1 saturated carbocycles. The molecule has 1 N–H and O–H groups in total. The number of nitrogens with zero attached hydrogens (tertiary/aromatic N) is 1. The molecule has 0 unspecified atom stereocenters. The Morgan fingerprint density at radius 3 is 3.00 bits per heavy atom. The number of thiazole rings is 1. The van der Waals surface area contributed by atoms with Gasteiger partial charge < -0.3 is 5.32 Å². The van der Waals surface area contributed by atoms with Gasteiger partial charge in [-0.15, -0.1) is 11.3 Å². The van der Waals surface area contributed by atoms with Crippen molar-refractivity contribution in [1.82, 2.24) is 10.3 Å². The minimum atomic E-state index is -0.316. The zero-order valence-electron chi connectivity index (χ0n) is 9.62. The van der Waals surface area contributed by atoms with Crippen molar-refractivity contribution in [2.75, 3.05) is 0 Å². The number of hydrogen-bond acceptors (Lipinski definition) is 3. The molecule has 0 atom stereocenters. The lowest BCUT2D eigenvalue weighted by Crippen LogP contribution is -2.14. The SMILES string of the molecule is Fc1ccc(-c2cnc(CNC3CC3)s2)c(Cl)c1. The Bertz CT molecular complexity index is 566. The molecule has 18 heavy (non-hydrogen) atoms. The maximum Gasteiger partial charge on any atom is 0.124 e. The highest BCUT2D eigenvalue weighted by Crippen LogP contribution is 2.32. The van der Waals surface area contributed by atoms with E-state index in [0.29, 0.717) is 11.1 Å². The molecule has 0 aliphatic heterocycles. The summed E-state index contributed by atoms with van der Waals surface area (Å²) < 4.78 is 13.0. The molecule has 94 valence electrons. The van der Waals surface area contributed by atoms with Gasteiger partial charge in [0.1, 0.15) is 10.8 Å². The summed E-state index contributed by atoms with van der Waals surface area (Å²) in [5.74, 6) is -0.316. The molecule has 1 fully saturated rings. The molecule has 1 aliphatic carbocycles. The molecule has 2 nitrogen and oxygen atoms in total. The molecule has 1 aliphatic rings. The smallest absolute Gasteiger partial charge is 0.124 e. The Morgan fingerprint density at radius 1 is 1.44 bits per heavy atom. The van der Waals surface area contributed by atoms with E-state index in [9.17, 15) is 4.39 Å². The van der Waals surface area contributed by atoms with Crippen LogP contribution in [0.2, 0.25) is 5.02 Å². The Labute approximate surface area is 114 Å². The van der Waals surface area contributed by atoms with E-state index in [1.807, 2.05) is 0 Å². The quantitative estimate of drug-likeness (QED) is 0.921.